The maximum Gasteiger partial charge on any atom is 0.119 e. The van der Waals surface area contributed by atoms with Crippen LogP contribution in [0.15, 0.2) is 48.5 Å². The SMILES string of the molecule is C[C@@H](CN1CC[C@@]2(C)c3cccc(O)c3C[C@@H]1C2(C)C)OCc1ccccc1. The van der Waals surface area contributed by atoms with E-state index in [1.165, 1.54) is 11.1 Å². The lowest BCUT2D eigenvalue weighted by Crippen LogP contribution is -2.64. The number of piperidine rings is 1. The molecule has 1 fully saturated rings. The van der Waals surface area contributed by atoms with Gasteiger partial charge in [0.15, 0.2) is 0 Å². The highest BCUT2D eigenvalue weighted by molar-refractivity contribution is 5.48. The number of ether oxygens (including phenoxy) is 1. The summed E-state index contributed by atoms with van der Waals surface area (Å²) in [6.07, 6.45) is 2.19. The number of aromatic hydroxyl groups is 1. The zero-order valence-corrected chi connectivity index (χ0v) is 17.6. The summed E-state index contributed by atoms with van der Waals surface area (Å²) in [5.41, 5.74) is 3.95. The van der Waals surface area contributed by atoms with Gasteiger partial charge in [-0.1, -0.05) is 63.2 Å². The second-order valence-electron chi connectivity index (χ2n) is 9.43. The first-order chi connectivity index (χ1) is 13.3. The van der Waals surface area contributed by atoms with E-state index in [4.69, 9.17) is 4.74 Å². The van der Waals surface area contributed by atoms with Gasteiger partial charge in [0, 0.05) is 18.0 Å². The maximum atomic E-state index is 10.5. The molecule has 3 atom stereocenters. The van der Waals surface area contributed by atoms with Crippen molar-refractivity contribution >= 4 is 0 Å². The summed E-state index contributed by atoms with van der Waals surface area (Å²) in [5.74, 6) is 0.458. The van der Waals surface area contributed by atoms with Crippen molar-refractivity contribution < 1.29 is 9.84 Å². The highest BCUT2D eigenvalue weighted by atomic mass is 16.5. The molecule has 1 heterocycles. The second kappa shape index (κ2) is 7.20. The Morgan fingerprint density at radius 3 is 2.61 bits per heavy atom. The summed E-state index contributed by atoms with van der Waals surface area (Å²) < 4.78 is 6.16. The molecule has 1 aliphatic carbocycles. The lowest BCUT2D eigenvalue weighted by atomic mass is 9.51. The number of fused-ring (bicyclic) bond motifs is 4. The molecule has 0 aromatic heterocycles. The molecule has 4 rings (SSSR count). The summed E-state index contributed by atoms with van der Waals surface area (Å²) in [7, 11) is 0. The van der Waals surface area contributed by atoms with Gasteiger partial charge in [0.1, 0.15) is 5.75 Å². The molecule has 0 spiro atoms. The first-order valence-electron chi connectivity index (χ1n) is 10.5. The molecule has 0 amide bonds. The third-order valence-electron chi connectivity index (χ3n) is 7.61. The fourth-order valence-corrected chi connectivity index (χ4v) is 5.45. The fourth-order valence-electron chi connectivity index (χ4n) is 5.45. The first-order valence-corrected chi connectivity index (χ1v) is 10.5. The summed E-state index contributed by atoms with van der Waals surface area (Å²) in [5, 5.41) is 10.5. The van der Waals surface area contributed by atoms with Crippen molar-refractivity contribution in [3.05, 3.63) is 65.2 Å². The van der Waals surface area contributed by atoms with Crippen LogP contribution in [0.4, 0.5) is 0 Å². The van der Waals surface area contributed by atoms with Crippen LogP contribution in [0, 0.1) is 5.41 Å². The molecule has 2 bridgehead atoms. The Morgan fingerprint density at radius 1 is 1.11 bits per heavy atom. The molecule has 3 heteroatoms. The molecular formula is C25H33NO2. The van der Waals surface area contributed by atoms with Crippen LogP contribution in [-0.4, -0.2) is 35.2 Å². The monoisotopic (exact) mass is 379 g/mol. The third-order valence-corrected chi connectivity index (χ3v) is 7.61. The number of hydrogen-bond acceptors (Lipinski definition) is 3. The summed E-state index contributed by atoms with van der Waals surface area (Å²) in [4.78, 5) is 2.60. The van der Waals surface area contributed by atoms with Crippen LogP contribution in [0.1, 0.15) is 50.8 Å². The highest BCUT2D eigenvalue weighted by Gasteiger charge is 2.56. The predicted octanol–water partition coefficient (Wildman–Crippen LogP) is 4.91. The van der Waals surface area contributed by atoms with Gasteiger partial charge in [0.2, 0.25) is 0 Å². The average molecular weight is 380 g/mol. The van der Waals surface area contributed by atoms with E-state index < -0.39 is 0 Å². The van der Waals surface area contributed by atoms with E-state index in [0.29, 0.717) is 18.4 Å². The van der Waals surface area contributed by atoms with Gasteiger partial charge in [-0.15, -0.1) is 0 Å². The Morgan fingerprint density at radius 2 is 1.86 bits per heavy atom. The number of rotatable bonds is 5. The van der Waals surface area contributed by atoms with E-state index in [1.807, 2.05) is 18.2 Å². The summed E-state index contributed by atoms with van der Waals surface area (Å²) >= 11 is 0. The van der Waals surface area contributed by atoms with Crippen LogP contribution in [0.5, 0.6) is 5.75 Å². The second-order valence-corrected chi connectivity index (χ2v) is 9.43. The lowest BCUT2D eigenvalue weighted by Gasteiger charge is -2.61. The molecule has 2 aromatic rings. The Balaban J connectivity index is 1.51. The smallest absolute Gasteiger partial charge is 0.119 e. The average Bonchev–Trinajstić information content (AvgIpc) is 2.67. The Kier molecular flexibility index (Phi) is 5.01. The highest BCUT2D eigenvalue weighted by Crippen LogP contribution is 2.57. The van der Waals surface area contributed by atoms with E-state index in [0.717, 1.165) is 31.5 Å². The predicted molar refractivity (Wildman–Crippen MR) is 114 cm³/mol. The normalized spacial score (nSPS) is 27.2. The van der Waals surface area contributed by atoms with Gasteiger partial charge in [0.05, 0.1) is 12.7 Å². The van der Waals surface area contributed by atoms with Gasteiger partial charge in [-0.05, 0) is 54.5 Å². The Bertz CT molecular complexity index is 832. The third kappa shape index (κ3) is 3.15. The number of nitrogens with zero attached hydrogens (tertiary/aromatic N) is 1. The molecule has 150 valence electrons. The molecule has 2 aromatic carbocycles. The van der Waals surface area contributed by atoms with Crippen LogP contribution < -0.4 is 0 Å². The molecule has 1 aliphatic heterocycles. The van der Waals surface area contributed by atoms with E-state index in [9.17, 15) is 5.11 Å². The molecule has 1 N–H and O–H groups in total. The largest absolute Gasteiger partial charge is 0.508 e. The Labute approximate surface area is 169 Å². The number of likely N-dealkylation sites (tertiary alicyclic amines) is 1. The van der Waals surface area contributed by atoms with E-state index >= 15 is 0 Å². The van der Waals surface area contributed by atoms with E-state index in [1.54, 1.807) is 0 Å². The van der Waals surface area contributed by atoms with Crippen LogP contribution in [-0.2, 0) is 23.2 Å². The number of benzene rings is 2. The topological polar surface area (TPSA) is 32.7 Å². The molecular weight excluding hydrogens is 346 g/mol. The van der Waals surface area contributed by atoms with Gasteiger partial charge in [-0.2, -0.15) is 0 Å². The van der Waals surface area contributed by atoms with Gasteiger partial charge >= 0.3 is 0 Å². The van der Waals surface area contributed by atoms with Gasteiger partial charge in [0.25, 0.3) is 0 Å². The summed E-state index contributed by atoms with van der Waals surface area (Å²) in [6, 6.07) is 16.9. The maximum absolute atomic E-state index is 10.5. The Hall–Kier alpha value is -1.84. The van der Waals surface area contributed by atoms with Crippen LogP contribution >= 0.6 is 0 Å². The molecule has 28 heavy (non-hydrogen) atoms. The zero-order chi connectivity index (χ0) is 19.9. The minimum Gasteiger partial charge on any atom is -0.508 e. The lowest BCUT2D eigenvalue weighted by molar-refractivity contribution is -0.0651. The minimum absolute atomic E-state index is 0.0919. The van der Waals surface area contributed by atoms with Gasteiger partial charge in [-0.25, -0.2) is 0 Å². The molecule has 0 radical (unpaired) electrons. The minimum atomic E-state index is 0.0919. The fraction of sp³-hybridized carbons (Fsp3) is 0.520. The van der Waals surface area contributed by atoms with Crippen LogP contribution in [0.3, 0.4) is 0 Å². The van der Waals surface area contributed by atoms with Crippen molar-refractivity contribution in [1.29, 1.82) is 0 Å². The van der Waals surface area contributed by atoms with Crippen LogP contribution in [0.25, 0.3) is 0 Å². The number of hydrogen-bond donors (Lipinski definition) is 1. The first kappa shape index (κ1) is 19.5. The van der Waals surface area contributed by atoms with Crippen molar-refractivity contribution in [3.8, 4) is 5.75 Å². The van der Waals surface area contributed by atoms with Crippen molar-refractivity contribution in [2.45, 2.75) is 64.7 Å². The van der Waals surface area contributed by atoms with Crippen molar-refractivity contribution in [1.82, 2.24) is 4.90 Å². The molecule has 3 nitrogen and oxygen atoms in total. The standard InChI is InChI=1S/C25H33NO2/c1-18(28-17-19-9-6-5-7-10-19)16-26-14-13-25(4)21-11-8-12-22(27)20(21)15-23(26)24(25,2)3/h5-12,18,23,27H,13-17H2,1-4H3/t18-,23+,25-/m0/s1. The number of phenols is 1. The van der Waals surface area contributed by atoms with Crippen LogP contribution in [0.2, 0.25) is 0 Å². The van der Waals surface area contributed by atoms with Crippen molar-refractivity contribution in [3.63, 3.8) is 0 Å². The van der Waals surface area contributed by atoms with Gasteiger partial charge in [-0.3, -0.25) is 4.90 Å². The van der Waals surface area contributed by atoms with Crippen molar-refractivity contribution in [2.75, 3.05) is 13.1 Å². The molecule has 1 saturated heterocycles. The zero-order valence-electron chi connectivity index (χ0n) is 17.6. The molecule has 0 unspecified atom stereocenters. The molecule has 2 aliphatic rings. The number of phenolic OH excluding ortho intramolecular Hbond substituents is 1. The van der Waals surface area contributed by atoms with Crippen molar-refractivity contribution in [2.24, 2.45) is 5.41 Å². The summed E-state index contributed by atoms with van der Waals surface area (Å²) in [6.45, 7) is 12.1. The van der Waals surface area contributed by atoms with Gasteiger partial charge < -0.3 is 9.84 Å². The molecule has 0 saturated carbocycles. The van der Waals surface area contributed by atoms with E-state index in [2.05, 4.69) is 62.9 Å². The quantitative estimate of drug-likeness (QED) is 0.801. The van der Waals surface area contributed by atoms with E-state index in [-0.39, 0.29) is 16.9 Å².